The summed E-state index contributed by atoms with van der Waals surface area (Å²) in [4.78, 5) is 22.4. The monoisotopic (exact) mass is 288 g/mol. The molecule has 21 heavy (non-hydrogen) atoms. The molecule has 0 unspecified atom stereocenters. The number of pyridine rings is 1. The van der Waals surface area contributed by atoms with Crippen molar-refractivity contribution in [2.75, 3.05) is 14.1 Å². The van der Waals surface area contributed by atoms with Crippen LogP contribution in [0.25, 0.3) is 0 Å². The van der Waals surface area contributed by atoms with Gasteiger partial charge in [-0.1, -0.05) is 6.92 Å². The largest absolute Gasteiger partial charge is 0.447 e. The van der Waals surface area contributed by atoms with E-state index in [1.165, 1.54) is 0 Å². The number of aromatic nitrogens is 2. The Labute approximate surface area is 124 Å². The summed E-state index contributed by atoms with van der Waals surface area (Å²) < 4.78 is 5.33. The number of nitrogens with zero attached hydrogens (tertiary/aromatic N) is 3. The molecule has 6 heteroatoms. The predicted octanol–water partition coefficient (Wildman–Crippen LogP) is 1.62. The van der Waals surface area contributed by atoms with Gasteiger partial charge in [0.2, 0.25) is 5.89 Å². The average Bonchev–Trinajstić information content (AvgIpc) is 2.91. The Balaban J connectivity index is 1.92. The number of hydrogen-bond donors (Lipinski definition) is 1. The minimum absolute atomic E-state index is 0.206. The predicted molar refractivity (Wildman–Crippen MR) is 78.7 cm³/mol. The fraction of sp³-hybridized carbons (Fsp3) is 0.400. The summed E-state index contributed by atoms with van der Waals surface area (Å²) in [6.07, 6.45) is 4.09. The highest BCUT2D eigenvalue weighted by atomic mass is 16.3. The second kappa shape index (κ2) is 6.99. The van der Waals surface area contributed by atoms with Gasteiger partial charge in [-0.2, -0.15) is 0 Å². The van der Waals surface area contributed by atoms with Crippen LogP contribution in [-0.2, 0) is 19.5 Å². The lowest BCUT2D eigenvalue weighted by Crippen LogP contribution is -2.24. The van der Waals surface area contributed by atoms with Crippen LogP contribution in [0.15, 0.2) is 29.0 Å². The van der Waals surface area contributed by atoms with Crippen molar-refractivity contribution in [3.8, 4) is 0 Å². The number of carbonyl (C=O) groups excluding carboxylic acids is 1. The molecule has 0 aliphatic heterocycles. The molecule has 1 amide bonds. The first-order chi connectivity index (χ1) is 10.1. The van der Waals surface area contributed by atoms with Gasteiger partial charge in [0.1, 0.15) is 12.0 Å². The fourth-order valence-electron chi connectivity index (χ4n) is 1.85. The Morgan fingerprint density at radius 1 is 1.43 bits per heavy atom. The highest BCUT2D eigenvalue weighted by Crippen LogP contribution is 2.05. The first-order valence-corrected chi connectivity index (χ1v) is 6.89. The van der Waals surface area contributed by atoms with E-state index in [-0.39, 0.29) is 5.91 Å². The van der Waals surface area contributed by atoms with Crippen molar-refractivity contribution in [3.05, 3.63) is 47.4 Å². The summed E-state index contributed by atoms with van der Waals surface area (Å²) in [5.41, 5.74) is 2.21. The standard InChI is InChI=1S/C15H20N4O2/c1-4-11-5-6-16-13(7-11)15(20)17-8-12-10-21-14(18-12)9-19(2)3/h5-7,10H,4,8-9H2,1-3H3,(H,17,20). The number of rotatable bonds is 6. The van der Waals surface area contributed by atoms with Crippen LogP contribution < -0.4 is 5.32 Å². The summed E-state index contributed by atoms with van der Waals surface area (Å²) in [6, 6.07) is 3.71. The molecule has 0 spiro atoms. The molecule has 0 saturated carbocycles. The van der Waals surface area contributed by atoms with Crippen molar-refractivity contribution in [1.82, 2.24) is 20.2 Å². The van der Waals surface area contributed by atoms with Gasteiger partial charge in [0.15, 0.2) is 0 Å². The number of oxazole rings is 1. The molecule has 2 aromatic rings. The third kappa shape index (κ3) is 4.39. The molecule has 2 rings (SSSR count). The van der Waals surface area contributed by atoms with Gasteiger partial charge in [0, 0.05) is 6.20 Å². The average molecular weight is 288 g/mol. The Morgan fingerprint density at radius 3 is 2.95 bits per heavy atom. The molecule has 0 radical (unpaired) electrons. The number of carbonyl (C=O) groups is 1. The van der Waals surface area contributed by atoms with E-state index in [2.05, 4.69) is 15.3 Å². The van der Waals surface area contributed by atoms with E-state index in [1.807, 2.05) is 32.0 Å². The molecule has 0 atom stereocenters. The Hall–Kier alpha value is -2.21. The smallest absolute Gasteiger partial charge is 0.270 e. The minimum atomic E-state index is -0.206. The Morgan fingerprint density at radius 2 is 2.24 bits per heavy atom. The van der Waals surface area contributed by atoms with Gasteiger partial charge < -0.3 is 14.6 Å². The zero-order valence-electron chi connectivity index (χ0n) is 12.6. The van der Waals surface area contributed by atoms with E-state index >= 15 is 0 Å². The molecule has 0 saturated heterocycles. The second-order valence-electron chi connectivity index (χ2n) is 5.06. The molecule has 112 valence electrons. The van der Waals surface area contributed by atoms with Gasteiger partial charge in [-0.05, 0) is 38.2 Å². The third-order valence-electron chi connectivity index (χ3n) is 2.95. The van der Waals surface area contributed by atoms with Crippen LogP contribution in [0.2, 0.25) is 0 Å². The van der Waals surface area contributed by atoms with Crippen molar-refractivity contribution in [2.45, 2.75) is 26.4 Å². The molecule has 2 aromatic heterocycles. The van der Waals surface area contributed by atoms with Crippen molar-refractivity contribution in [1.29, 1.82) is 0 Å². The zero-order chi connectivity index (χ0) is 15.2. The highest BCUT2D eigenvalue weighted by Gasteiger charge is 2.10. The number of nitrogens with one attached hydrogen (secondary N) is 1. The molecule has 0 bridgehead atoms. The maximum absolute atomic E-state index is 12.0. The molecule has 0 aliphatic carbocycles. The summed E-state index contributed by atoms with van der Waals surface area (Å²) >= 11 is 0. The molecule has 0 aromatic carbocycles. The van der Waals surface area contributed by atoms with Crippen molar-refractivity contribution in [3.63, 3.8) is 0 Å². The van der Waals surface area contributed by atoms with E-state index in [0.29, 0.717) is 30.4 Å². The minimum Gasteiger partial charge on any atom is -0.447 e. The van der Waals surface area contributed by atoms with Crippen LogP contribution >= 0.6 is 0 Å². The quantitative estimate of drug-likeness (QED) is 0.874. The van der Waals surface area contributed by atoms with Gasteiger partial charge >= 0.3 is 0 Å². The highest BCUT2D eigenvalue weighted by molar-refractivity contribution is 5.92. The SMILES string of the molecule is CCc1ccnc(C(=O)NCc2coc(CN(C)C)n2)c1. The van der Waals surface area contributed by atoms with Crippen LogP contribution in [0.1, 0.15) is 34.6 Å². The molecular formula is C15H20N4O2. The van der Waals surface area contributed by atoms with Crippen LogP contribution in [-0.4, -0.2) is 34.9 Å². The van der Waals surface area contributed by atoms with Gasteiger partial charge in [0.05, 0.1) is 18.8 Å². The lowest BCUT2D eigenvalue weighted by atomic mass is 10.2. The Bertz CT molecular complexity index is 607. The summed E-state index contributed by atoms with van der Waals surface area (Å²) in [6.45, 7) is 3.00. The lowest BCUT2D eigenvalue weighted by Gasteiger charge is -2.04. The first-order valence-electron chi connectivity index (χ1n) is 6.89. The maximum atomic E-state index is 12.0. The molecule has 0 fully saturated rings. The van der Waals surface area contributed by atoms with Crippen LogP contribution in [0, 0.1) is 0 Å². The number of hydrogen-bond acceptors (Lipinski definition) is 5. The van der Waals surface area contributed by atoms with E-state index < -0.39 is 0 Å². The summed E-state index contributed by atoms with van der Waals surface area (Å²) in [5, 5.41) is 2.80. The third-order valence-corrected chi connectivity index (χ3v) is 2.95. The van der Waals surface area contributed by atoms with Crippen LogP contribution in [0.4, 0.5) is 0 Å². The van der Waals surface area contributed by atoms with Crippen LogP contribution in [0.3, 0.4) is 0 Å². The van der Waals surface area contributed by atoms with E-state index in [9.17, 15) is 4.79 Å². The zero-order valence-corrected chi connectivity index (χ0v) is 12.6. The van der Waals surface area contributed by atoms with Gasteiger partial charge in [-0.15, -0.1) is 0 Å². The molecule has 2 heterocycles. The first kappa shape index (κ1) is 15.2. The molecule has 0 aliphatic rings. The number of amides is 1. The lowest BCUT2D eigenvalue weighted by molar-refractivity contribution is 0.0945. The van der Waals surface area contributed by atoms with E-state index in [0.717, 1.165) is 12.0 Å². The summed E-state index contributed by atoms with van der Waals surface area (Å²) in [5.74, 6) is 0.429. The topological polar surface area (TPSA) is 71.3 Å². The van der Waals surface area contributed by atoms with E-state index in [4.69, 9.17) is 4.42 Å². The summed E-state index contributed by atoms with van der Waals surface area (Å²) in [7, 11) is 3.88. The van der Waals surface area contributed by atoms with E-state index in [1.54, 1.807) is 18.5 Å². The van der Waals surface area contributed by atoms with Gasteiger partial charge in [-0.3, -0.25) is 9.78 Å². The molecule has 1 N–H and O–H groups in total. The second-order valence-corrected chi connectivity index (χ2v) is 5.06. The van der Waals surface area contributed by atoms with Crippen LogP contribution in [0.5, 0.6) is 0 Å². The Kier molecular flexibility index (Phi) is 5.05. The van der Waals surface area contributed by atoms with Gasteiger partial charge in [-0.25, -0.2) is 4.98 Å². The van der Waals surface area contributed by atoms with Crippen molar-refractivity contribution >= 4 is 5.91 Å². The molecular weight excluding hydrogens is 268 g/mol. The van der Waals surface area contributed by atoms with Gasteiger partial charge in [0.25, 0.3) is 5.91 Å². The van der Waals surface area contributed by atoms with Crippen molar-refractivity contribution in [2.24, 2.45) is 0 Å². The number of aryl methyl sites for hydroxylation is 1. The van der Waals surface area contributed by atoms with Crippen molar-refractivity contribution < 1.29 is 9.21 Å². The molecule has 6 nitrogen and oxygen atoms in total. The fourth-order valence-corrected chi connectivity index (χ4v) is 1.85. The normalized spacial score (nSPS) is 10.9. The maximum Gasteiger partial charge on any atom is 0.270 e.